The van der Waals surface area contributed by atoms with E-state index in [2.05, 4.69) is 27.7 Å². The Bertz CT molecular complexity index is 232. The van der Waals surface area contributed by atoms with Gasteiger partial charge in [-0.15, -0.1) is 0 Å². The number of hydrogen-bond donors (Lipinski definition) is 1. The van der Waals surface area contributed by atoms with Crippen LogP contribution in [-0.2, 0) is 4.79 Å². The molecule has 0 radical (unpaired) electrons. The standard InChI is InChI=1S/C14H26O2/c1-5-10-6-8-11(9-7-10)12(13(15)16)14(2,3)4/h10-12H,5-9H2,1-4H3,(H,15,16). The zero-order valence-corrected chi connectivity index (χ0v) is 11.1. The van der Waals surface area contributed by atoms with Gasteiger partial charge in [-0.3, -0.25) is 4.79 Å². The van der Waals surface area contributed by atoms with Crippen LogP contribution < -0.4 is 0 Å². The van der Waals surface area contributed by atoms with Crippen molar-refractivity contribution in [3.63, 3.8) is 0 Å². The smallest absolute Gasteiger partial charge is 0.307 e. The minimum atomic E-state index is -0.604. The highest BCUT2D eigenvalue weighted by Crippen LogP contribution is 2.41. The topological polar surface area (TPSA) is 37.3 Å². The number of carboxylic acids is 1. The summed E-state index contributed by atoms with van der Waals surface area (Å²) in [5.41, 5.74) is -0.116. The molecule has 1 aliphatic carbocycles. The number of rotatable bonds is 3. The summed E-state index contributed by atoms with van der Waals surface area (Å²) >= 11 is 0. The lowest BCUT2D eigenvalue weighted by molar-refractivity contribution is -0.149. The van der Waals surface area contributed by atoms with E-state index in [4.69, 9.17) is 0 Å². The van der Waals surface area contributed by atoms with Crippen molar-refractivity contribution < 1.29 is 9.90 Å². The van der Waals surface area contributed by atoms with Gasteiger partial charge in [-0.05, 0) is 30.1 Å². The summed E-state index contributed by atoms with van der Waals surface area (Å²) in [5.74, 6) is 0.448. The van der Waals surface area contributed by atoms with E-state index in [1.54, 1.807) is 0 Å². The molecule has 0 aliphatic heterocycles. The minimum Gasteiger partial charge on any atom is -0.481 e. The van der Waals surface area contributed by atoms with Crippen LogP contribution in [0.5, 0.6) is 0 Å². The molecule has 16 heavy (non-hydrogen) atoms. The SMILES string of the molecule is CCC1CCC(C(C(=O)O)C(C)(C)C)CC1. The van der Waals surface area contributed by atoms with Crippen molar-refractivity contribution in [2.75, 3.05) is 0 Å². The number of aliphatic carboxylic acids is 1. The van der Waals surface area contributed by atoms with Crippen LogP contribution in [0.25, 0.3) is 0 Å². The van der Waals surface area contributed by atoms with Gasteiger partial charge < -0.3 is 5.11 Å². The largest absolute Gasteiger partial charge is 0.481 e. The van der Waals surface area contributed by atoms with Gasteiger partial charge in [0.25, 0.3) is 0 Å². The lowest BCUT2D eigenvalue weighted by Crippen LogP contribution is -2.36. The van der Waals surface area contributed by atoms with Crippen LogP contribution >= 0.6 is 0 Å². The first-order chi connectivity index (χ1) is 7.36. The Balaban J connectivity index is 2.65. The molecule has 1 saturated carbocycles. The summed E-state index contributed by atoms with van der Waals surface area (Å²) in [4.78, 5) is 11.4. The molecule has 0 saturated heterocycles. The normalized spacial score (nSPS) is 28.8. The molecule has 0 aromatic carbocycles. The van der Waals surface area contributed by atoms with Crippen molar-refractivity contribution in [3.05, 3.63) is 0 Å². The van der Waals surface area contributed by atoms with Crippen molar-refractivity contribution in [2.24, 2.45) is 23.2 Å². The van der Waals surface area contributed by atoms with E-state index in [-0.39, 0.29) is 11.3 Å². The molecule has 0 aromatic heterocycles. The van der Waals surface area contributed by atoms with Gasteiger partial charge in [-0.2, -0.15) is 0 Å². The van der Waals surface area contributed by atoms with E-state index >= 15 is 0 Å². The molecule has 2 heteroatoms. The second-order valence-corrected chi connectivity index (χ2v) is 6.37. The molecule has 1 rings (SSSR count). The zero-order valence-electron chi connectivity index (χ0n) is 11.1. The van der Waals surface area contributed by atoms with Crippen LogP contribution in [0.2, 0.25) is 0 Å². The third-order valence-electron chi connectivity index (χ3n) is 4.14. The third-order valence-corrected chi connectivity index (χ3v) is 4.14. The number of carbonyl (C=O) groups is 1. The van der Waals surface area contributed by atoms with Gasteiger partial charge in [0, 0.05) is 0 Å². The molecular formula is C14H26O2. The van der Waals surface area contributed by atoms with E-state index in [1.807, 2.05) is 0 Å². The maximum Gasteiger partial charge on any atom is 0.307 e. The average molecular weight is 226 g/mol. The minimum absolute atomic E-state index is 0.116. The Kier molecular flexibility index (Phi) is 4.40. The number of hydrogen-bond acceptors (Lipinski definition) is 1. The molecule has 0 amide bonds. The first-order valence-corrected chi connectivity index (χ1v) is 6.59. The van der Waals surface area contributed by atoms with Gasteiger partial charge in [0.2, 0.25) is 0 Å². The molecule has 0 aromatic rings. The Hall–Kier alpha value is -0.530. The molecule has 0 spiro atoms. The Morgan fingerprint density at radius 2 is 1.75 bits per heavy atom. The van der Waals surface area contributed by atoms with E-state index in [1.165, 1.54) is 19.3 Å². The molecule has 0 bridgehead atoms. The van der Waals surface area contributed by atoms with Crippen molar-refractivity contribution in [3.8, 4) is 0 Å². The van der Waals surface area contributed by atoms with Crippen molar-refractivity contribution in [1.82, 2.24) is 0 Å². The zero-order chi connectivity index (χ0) is 12.3. The van der Waals surface area contributed by atoms with Crippen molar-refractivity contribution in [1.29, 1.82) is 0 Å². The number of carboxylic acid groups (broad SMARTS) is 1. The van der Waals surface area contributed by atoms with Crippen LogP contribution in [0.1, 0.15) is 59.8 Å². The predicted molar refractivity (Wildman–Crippen MR) is 66.3 cm³/mol. The molecule has 1 atom stereocenters. The molecule has 94 valence electrons. The molecule has 1 unspecified atom stereocenters. The van der Waals surface area contributed by atoms with Gasteiger partial charge in [0.15, 0.2) is 0 Å². The summed E-state index contributed by atoms with van der Waals surface area (Å²) in [7, 11) is 0. The predicted octanol–water partition coefficient (Wildman–Crippen LogP) is 3.95. The molecule has 1 aliphatic rings. The van der Waals surface area contributed by atoms with Gasteiger partial charge in [0.1, 0.15) is 0 Å². The summed E-state index contributed by atoms with van der Waals surface area (Å²) < 4.78 is 0. The fraction of sp³-hybridized carbons (Fsp3) is 0.929. The van der Waals surface area contributed by atoms with Crippen molar-refractivity contribution >= 4 is 5.97 Å². The Morgan fingerprint density at radius 3 is 2.06 bits per heavy atom. The Morgan fingerprint density at radius 1 is 1.25 bits per heavy atom. The quantitative estimate of drug-likeness (QED) is 0.791. The van der Waals surface area contributed by atoms with Crippen LogP contribution in [-0.4, -0.2) is 11.1 Å². The summed E-state index contributed by atoms with van der Waals surface area (Å²) in [5, 5.41) is 9.38. The fourth-order valence-electron chi connectivity index (χ4n) is 3.21. The van der Waals surface area contributed by atoms with Gasteiger partial charge in [0.05, 0.1) is 5.92 Å². The van der Waals surface area contributed by atoms with E-state index in [9.17, 15) is 9.90 Å². The summed E-state index contributed by atoms with van der Waals surface area (Å²) in [6, 6.07) is 0. The summed E-state index contributed by atoms with van der Waals surface area (Å²) in [6.45, 7) is 8.40. The molecule has 1 N–H and O–H groups in total. The second kappa shape index (κ2) is 5.20. The molecule has 2 nitrogen and oxygen atoms in total. The van der Waals surface area contributed by atoms with Gasteiger partial charge >= 0.3 is 5.97 Å². The average Bonchev–Trinajstić information content (AvgIpc) is 2.16. The van der Waals surface area contributed by atoms with Crippen LogP contribution in [0.4, 0.5) is 0 Å². The van der Waals surface area contributed by atoms with Gasteiger partial charge in [-0.25, -0.2) is 0 Å². The monoisotopic (exact) mass is 226 g/mol. The maximum atomic E-state index is 11.4. The van der Waals surface area contributed by atoms with Crippen molar-refractivity contribution in [2.45, 2.75) is 59.8 Å². The highest BCUT2D eigenvalue weighted by atomic mass is 16.4. The molecule has 1 fully saturated rings. The third kappa shape index (κ3) is 3.23. The molecule has 0 heterocycles. The summed E-state index contributed by atoms with van der Waals surface area (Å²) in [6.07, 6.45) is 5.90. The second-order valence-electron chi connectivity index (χ2n) is 6.37. The van der Waals surface area contributed by atoms with Crippen LogP contribution in [0.15, 0.2) is 0 Å². The highest BCUT2D eigenvalue weighted by molar-refractivity contribution is 5.71. The van der Waals surface area contributed by atoms with E-state index < -0.39 is 5.97 Å². The lowest BCUT2D eigenvalue weighted by Gasteiger charge is -2.38. The first-order valence-electron chi connectivity index (χ1n) is 6.59. The first kappa shape index (κ1) is 13.5. The van der Waals surface area contributed by atoms with E-state index in [0.717, 1.165) is 18.8 Å². The van der Waals surface area contributed by atoms with E-state index in [0.29, 0.717) is 5.92 Å². The fourth-order valence-corrected chi connectivity index (χ4v) is 3.21. The van der Waals surface area contributed by atoms with Crippen LogP contribution in [0.3, 0.4) is 0 Å². The molecular weight excluding hydrogens is 200 g/mol. The van der Waals surface area contributed by atoms with Crippen LogP contribution in [0, 0.1) is 23.2 Å². The maximum absolute atomic E-state index is 11.4. The Labute approximate surface area is 99.4 Å². The van der Waals surface area contributed by atoms with Gasteiger partial charge in [-0.1, -0.05) is 47.0 Å². The highest BCUT2D eigenvalue weighted by Gasteiger charge is 2.39. The lowest BCUT2D eigenvalue weighted by atomic mass is 9.66.